The summed E-state index contributed by atoms with van der Waals surface area (Å²) >= 11 is 0. The van der Waals surface area contributed by atoms with Crippen LogP contribution in [0, 0.1) is 0 Å². The van der Waals surface area contributed by atoms with Crippen molar-refractivity contribution in [2.75, 3.05) is 0 Å². The molecule has 0 bridgehead atoms. The van der Waals surface area contributed by atoms with Gasteiger partial charge in [0.1, 0.15) is 0 Å². The highest BCUT2D eigenvalue weighted by Gasteiger charge is 2.11. The normalized spacial score (nSPS) is 10.3. The van der Waals surface area contributed by atoms with Gasteiger partial charge in [-0.05, 0) is 29.2 Å². The fraction of sp³-hybridized carbons (Fsp3) is 0.188. The van der Waals surface area contributed by atoms with Crippen LogP contribution in [-0.2, 0) is 6.42 Å². The molecule has 92 valence electrons. The Morgan fingerprint density at radius 2 is 1.83 bits per heavy atom. The monoisotopic (exact) mass is 240 g/mol. The van der Waals surface area contributed by atoms with Gasteiger partial charge in [-0.25, -0.2) is 4.79 Å². The van der Waals surface area contributed by atoms with Crippen LogP contribution < -0.4 is 0 Å². The maximum absolute atomic E-state index is 11.3. The number of benzene rings is 2. The zero-order chi connectivity index (χ0) is 13.0. The van der Waals surface area contributed by atoms with E-state index in [0.29, 0.717) is 5.56 Å². The van der Waals surface area contributed by atoms with Gasteiger partial charge in [0.25, 0.3) is 0 Å². The van der Waals surface area contributed by atoms with Crippen LogP contribution in [0.3, 0.4) is 0 Å². The molecule has 2 aromatic rings. The van der Waals surface area contributed by atoms with Crippen molar-refractivity contribution in [2.24, 2.45) is 0 Å². The molecule has 0 atom stereocenters. The minimum Gasteiger partial charge on any atom is -0.478 e. The van der Waals surface area contributed by atoms with Crippen LogP contribution in [-0.4, -0.2) is 11.1 Å². The molecule has 0 aliphatic carbocycles. The molecular weight excluding hydrogens is 224 g/mol. The third-order valence-electron chi connectivity index (χ3n) is 2.94. The quantitative estimate of drug-likeness (QED) is 0.876. The topological polar surface area (TPSA) is 37.3 Å². The molecule has 0 fully saturated rings. The number of aryl methyl sites for hydroxylation is 1. The summed E-state index contributed by atoms with van der Waals surface area (Å²) in [6.45, 7) is 2.12. The van der Waals surface area contributed by atoms with Crippen molar-refractivity contribution in [2.45, 2.75) is 19.8 Å². The first-order chi connectivity index (χ1) is 8.72. The van der Waals surface area contributed by atoms with Gasteiger partial charge in [-0.2, -0.15) is 0 Å². The lowest BCUT2D eigenvalue weighted by atomic mass is 9.96. The third kappa shape index (κ3) is 2.59. The second kappa shape index (κ2) is 5.50. The Morgan fingerprint density at radius 3 is 2.44 bits per heavy atom. The number of rotatable bonds is 4. The molecule has 0 saturated carbocycles. The first kappa shape index (κ1) is 12.4. The van der Waals surface area contributed by atoms with Gasteiger partial charge >= 0.3 is 5.97 Å². The van der Waals surface area contributed by atoms with Gasteiger partial charge in [0, 0.05) is 0 Å². The molecule has 2 nitrogen and oxygen atoms in total. The van der Waals surface area contributed by atoms with Crippen LogP contribution in [0.2, 0.25) is 0 Å². The van der Waals surface area contributed by atoms with Crippen molar-refractivity contribution in [1.29, 1.82) is 0 Å². The Bertz CT molecular complexity index is 544. The smallest absolute Gasteiger partial charge is 0.336 e. The average Bonchev–Trinajstić information content (AvgIpc) is 2.40. The highest BCUT2D eigenvalue weighted by atomic mass is 16.4. The molecule has 0 aliphatic heterocycles. The minimum atomic E-state index is -0.878. The predicted molar refractivity (Wildman–Crippen MR) is 72.8 cm³/mol. The molecule has 0 aliphatic rings. The van der Waals surface area contributed by atoms with Gasteiger partial charge < -0.3 is 5.11 Å². The van der Waals surface area contributed by atoms with Crippen molar-refractivity contribution in [1.82, 2.24) is 0 Å². The summed E-state index contributed by atoms with van der Waals surface area (Å²) in [6, 6.07) is 15.3. The highest BCUT2D eigenvalue weighted by molar-refractivity contribution is 5.96. The van der Waals surface area contributed by atoms with E-state index in [1.54, 1.807) is 6.07 Å². The summed E-state index contributed by atoms with van der Waals surface area (Å²) in [5.41, 5.74) is 3.30. The third-order valence-corrected chi connectivity index (χ3v) is 2.94. The fourth-order valence-corrected chi connectivity index (χ4v) is 2.08. The number of carboxylic acids is 1. The fourth-order valence-electron chi connectivity index (χ4n) is 2.08. The summed E-state index contributed by atoms with van der Waals surface area (Å²) in [5.74, 6) is -0.878. The minimum absolute atomic E-state index is 0.362. The van der Waals surface area contributed by atoms with Crippen molar-refractivity contribution in [3.63, 3.8) is 0 Å². The molecule has 0 saturated heterocycles. The van der Waals surface area contributed by atoms with Crippen LogP contribution in [0.4, 0.5) is 0 Å². The van der Waals surface area contributed by atoms with E-state index in [0.717, 1.165) is 24.0 Å². The van der Waals surface area contributed by atoms with Crippen LogP contribution in [0.5, 0.6) is 0 Å². The zero-order valence-electron chi connectivity index (χ0n) is 10.4. The standard InChI is InChI=1S/C16H16O2/c1-2-6-12-9-10-14(16(17)18)15(11-12)13-7-4-3-5-8-13/h3-5,7-11H,2,6H2,1H3,(H,17,18). The van der Waals surface area contributed by atoms with E-state index < -0.39 is 5.97 Å². The summed E-state index contributed by atoms with van der Waals surface area (Å²) in [4.78, 5) is 11.3. The predicted octanol–water partition coefficient (Wildman–Crippen LogP) is 4.00. The molecule has 18 heavy (non-hydrogen) atoms. The Labute approximate surface area is 107 Å². The van der Waals surface area contributed by atoms with Gasteiger partial charge in [0.15, 0.2) is 0 Å². The molecule has 2 aromatic carbocycles. The molecule has 0 heterocycles. The average molecular weight is 240 g/mol. The summed E-state index contributed by atoms with van der Waals surface area (Å²) < 4.78 is 0. The molecule has 0 unspecified atom stereocenters. The second-order valence-corrected chi connectivity index (χ2v) is 4.30. The van der Waals surface area contributed by atoms with E-state index in [2.05, 4.69) is 6.92 Å². The Morgan fingerprint density at radius 1 is 1.11 bits per heavy atom. The number of hydrogen-bond acceptors (Lipinski definition) is 1. The van der Waals surface area contributed by atoms with E-state index in [1.807, 2.05) is 42.5 Å². The molecule has 0 amide bonds. The molecule has 0 aromatic heterocycles. The Kier molecular flexibility index (Phi) is 3.78. The maximum Gasteiger partial charge on any atom is 0.336 e. The van der Waals surface area contributed by atoms with Gasteiger partial charge in [-0.15, -0.1) is 0 Å². The number of hydrogen-bond donors (Lipinski definition) is 1. The summed E-state index contributed by atoms with van der Waals surface area (Å²) in [6.07, 6.45) is 2.03. The maximum atomic E-state index is 11.3. The van der Waals surface area contributed by atoms with Gasteiger partial charge in [-0.3, -0.25) is 0 Å². The molecule has 0 spiro atoms. The summed E-state index contributed by atoms with van der Waals surface area (Å²) in [7, 11) is 0. The van der Waals surface area contributed by atoms with Crippen molar-refractivity contribution < 1.29 is 9.90 Å². The van der Waals surface area contributed by atoms with E-state index in [9.17, 15) is 9.90 Å². The Hall–Kier alpha value is -2.09. The van der Waals surface area contributed by atoms with E-state index >= 15 is 0 Å². The van der Waals surface area contributed by atoms with Gasteiger partial charge in [0.2, 0.25) is 0 Å². The van der Waals surface area contributed by atoms with Gasteiger partial charge in [-0.1, -0.05) is 55.8 Å². The summed E-state index contributed by atoms with van der Waals surface area (Å²) in [5, 5.41) is 9.25. The second-order valence-electron chi connectivity index (χ2n) is 4.30. The van der Waals surface area contributed by atoms with Crippen LogP contribution in [0.15, 0.2) is 48.5 Å². The Balaban J connectivity index is 2.54. The van der Waals surface area contributed by atoms with Crippen molar-refractivity contribution in [3.05, 3.63) is 59.7 Å². The molecule has 2 heteroatoms. The number of carbonyl (C=O) groups is 1. The lowest BCUT2D eigenvalue weighted by Gasteiger charge is -2.09. The van der Waals surface area contributed by atoms with Gasteiger partial charge in [0.05, 0.1) is 5.56 Å². The van der Waals surface area contributed by atoms with Crippen LogP contribution in [0.1, 0.15) is 29.3 Å². The lowest BCUT2D eigenvalue weighted by Crippen LogP contribution is -2.00. The molecular formula is C16H16O2. The van der Waals surface area contributed by atoms with E-state index in [1.165, 1.54) is 5.56 Å². The largest absolute Gasteiger partial charge is 0.478 e. The SMILES string of the molecule is CCCc1ccc(C(=O)O)c(-c2ccccc2)c1. The van der Waals surface area contributed by atoms with Crippen molar-refractivity contribution >= 4 is 5.97 Å². The number of carboxylic acid groups (broad SMARTS) is 1. The molecule has 2 rings (SSSR count). The van der Waals surface area contributed by atoms with Crippen LogP contribution in [0.25, 0.3) is 11.1 Å². The number of aromatic carboxylic acids is 1. The first-order valence-electron chi connectivity index (χ1n) is 6.14. The zero-order valence-corrected chi connectivity index (χ0v) is 10.4. The van der Waals surface area contributed by atoms with Crippen LogP contribution >= 0.6 is 0 Å². The van der Waals surface area contributed by atoms with E-state index in [-0.39, 0.29) is 0 Å². The highest BCUT2D eigenvalue weighted by Crippen LogP contribution is 2.25. The van der Waals surface area contributed by atoms with E-state index in [4.69, 9.17) is 0 Å². The van der Waals surface area contributed by atoms with Crippen molar-refractivity contribution in [3.8, 4) is 11.1 Å². The lowest BCUT2D eigenvalue weighted by molar-refractivity contribution is 0.0697. The molecule has 1 N–H and O–H groups in total. The molecule has 0 radical (unpaired) electrons. The first-order valence-corrected chi connectivity index (χ1v) is 6.14.